The zero-order chi connectivity index (χ0) is 14.0. The monoisotopic (exact) mass is 294 g/mol. The van der Waals surface area contributed by atoms with Gasteiger partial charge < -0.3 is 5.32 Å². The van der Waals surface area contributed by atoms with E-state index >= 15 is 0 Å². The molecule has 0 spiro atoms. The van der Waals surface area contributed by atoms with Gasteiger partial charge in [0.1, 0.15) is 5.00 Å². The minimum absolute atomic E-state index is 0.0200. The van der Waals surface area contributed by atoms with Crippen LogP contribution in [0.5, 0.6) is 0 Å². The molecule has 0 aliphatic rings. The van der Waals surface area contributed by atoms with Gasteiger partial charge in [-0.3, -0.25) is 4.79 Å². The lowest BCUT2D eigenvalue weighted by molar-refractivity contribution is 0.101. The number of rotatable bonds is 4. The van der Waals surface area contributed by atoms with Gasteiger partial charge in [0.2, 0.25) is 0 Å². The average molecular weight is 295 g/mol. The molecule has 19 heavy (non-hydrogen) atoms. The lowest BCUT2D eigenvalue weighted by Gasteiger charge is -2.16. The van der Waals surface area contributed by atoms with Crippen LogP contribution in [0.25, 0.3) is 0 Å². The van der Waals surface area contributed by atoms with Crippen LogP contribution in [0.3, 0.4) is 0 Å². The molecule has 0 saturated heterocycles. The third-order valence-electron chi connectivity index (χ3n) is 2.93. The maximum absolute atomic E-state index is 11.6. The zero-order valence-corrected chi connectivity index (χ0v) is 12.6. The number of anilines is 1. The number of benzene rings is 1. The predicted molar refractivity (Wildman–Crippen MR) is 80.3 cm³/mol. The van der Waals surface area contributed by atoms with Gasteiger partial charge in [-0.1, -0.05) is 29.8 Å². The van der Waals surface area contributed by atoms with Gasteiger partial charge in [0.25, 0.3) is 0 Å². The van der Waals surface area contributed by atoms with Crippen LogP contribution in [-0.4, -0.2) is 10.2 Å². The van der Waals surface area contributed by atoms with Crippen LogP contribution in [0, 0.1) is 6.92 Å². The molecule has 1 aromatic carbocycles. The number of aromatic nitrogens is 1. The second-order valence-corrected chi connectivity index (χ2v) is 5.60. The Morgan fingerprint density at radius 2 is 2.11 bits per heavy atom. The van der Waals surface area contributed by atoms with Gasteiger partial charge in [-0.25, -0.2) is 0 Å². The Kier molecular flexibility index (Phi) is 4.22. The highest BCUT2D eigenvalue weighted by atomic mass is 35.5. The molecule has 0 aliphatic heterocycles. The van der Waals surface area contributed by atoms with Crippen molar-refractivity contribution in [3.8, 4) is 0 Å². The van der Waals surface area contributed by atoms with Crippen LogP contribution in [0.15, 0.2) is 24.3 Å². The number of aryl methyl sites for hydroxylation is 1. The van der Waals surface area contributed by atoms with E-state index in [9.17, 15) is 4.79 Å². The highest BCUT2D eigenvalue weighted by molar-refractivity contribution is 7.10. The summed E-state index contributed by atoms with van der Waals surface area (Å²) in [5.41, 5.74) is 2.44. The lowest BCUT2D eigenvalue weighted by Crippen LogP contribution is -2.08. The minimum Gasteiger partial charge on any atom is -0.368 e. The quantitative estimate of drug-likeness (QED) is 0.845. The molecule has 2 aromatic rings. The topological polar surface area (TPSA) is 42.0 Å². The molecule has 2 rings (SSSR count). The molecule has 5 heteroatoms. The molecule has 3 nitrogen and oxygen atoms in total. The number of halogens is 1. The first-order valence-corrected chi connectivity index (χ1v) is 7.14. The highest BCUT2D eigenvalue weighted by Gasteiger charge is 2.17. The standard InChI is InChI=1S/C14H15ClN2OS/c1-8(11-6-4-5-7-12(11)15)16-14-13(10(3)18)9(2)17-19-14/h4-8,16H,1-3H3. The molecule has 1 atom stereocenters. The number of carbonyl (C=O) groups excluding carboxylic acids is 1. The Balaban J connectivity index is 2.27. The Hall–Kier alpha value is -1.39. The number of ketones is 1. The van der Waals surface area contributed by atoms with Gasteiger partial charge in [-0.05, 0) is 43.9 Å². The Morgan fingerprint density at radius 1 is 1.42 bits per heavy atom. The Morgan fingerprint density at radius 3 is 2.74 bits per heavy atom. The van der Waals surface area contributed by atoms with E-state index in [-0.39, 0.29) is 11.8 Å². The van der Waals surface area contributed by atoms with Crippen LogP contribution in [0.4, 0.5) is 5.00 Å². The lowest BCUT2D eigenvalue weighted by atomic mass is 10.1. The highest BCUT2D eigenvalue weighted by Crippen LogP contribution is 2.31. The smallest absolute Gasteiger partial charge is 0.164 e. The van der Waals surface area contributed by atoms with Crippen molar-refractivity contribution in [3.63, 3.8) is 0 Å². The summed E-state index contributed by atoms with van der Waals surface area (Å²) in [6, 6.07) is 7.70. The number of nitrogens with zero attached hydrogens (tertiary/aromatic N) is 1. The summed E-state index contributed by atoms with van der Waals surface area (Å²) >= 11 is 7.48. The average Bonchev–Trinajstić information content (AvgIpc) is 2.70. The molecule has 0 aliphatic carbocycles. The molecule has 100 valence electrons. The van der Waals surface area contributed by atoms with Gasteiger partial charge >= 0.3 is 0 Å². The maximum Gasteiger partial charge on any atom is 0.164 e. The van der Waals surface area contributed by atoms with Gasteiger partial charge in [0.15, 0.2) is 5.78 Å². The van der Waals surface area contributed by atoms with Gasteiger partial charge in [0, 0.05) is 5.02 Å². The van der Waals surface area contributed by atoms with Crippen molar-refractivity contribution < 1.29 is 4.79 Å². The third-order valence-corrected chi connectivity index (χ3v) is 4.15. The van der Waals surface area contributed by atoms with Crippen molar-refractivity contribution in [2.75, 3.05) is 5.32 Å². The minimum atomic E-state index is 0.0200. The number of Topliss-reactive ketones (excluding diaryl/α,β-unsaturated/α-hetero) is 1. The van der Waals surface area contributed by atoms with Crippen molar-refractivity contribution in [3.05, 3.63) is 46.1 Å². The van der Waals surface area contributed by atoms with Crippen molar-refractivity contribution in [2.24, 2.45) is 0 Å². The molecule has 1 unspecified atom stereocenters. The van der Waals surface area contributed by atoms with E-state index in [0.29, 0.717) is 10.6 Å². The summed E-state index contributed by atoms with van der Waals surface area (Å²) in [5.74, 6) is 0.0279. The van der Waals surface area contributed by atoms with Crippen LogP contribution in [-0.2, 0) is 0 Å². The summed E-state index contributed by atoms with van der Waals surface area (Å²) in [6.07, 6.45) is 0. The summed E-state index contributed by atoms with van der Waals surface area (Å²) in [5, 5.41) is 4.84. The fourth-order valence-corrected chi connectivity index (χ4v) is 3.21. The van der Waals surface area contributed by atoms with Crippen LogP contribution in [0.2, 0.25) is 5.02 Å². The van der Waals surface area contributed by atoms with E-state index in [0.717, 1.165) is 16.3 Å². The summed E-state index contributed by atoms with van der Waals surface area (Å²) in [7, 11) is 0. The van der Waals surface area contributed by atoms with Crippen molar-refractivity contribution >= 4 is 33.9 Å². The fraction of sp³-hybridized carbons (Fsp3) is 0.286. The molecule has 1 heterocycles. The molecule has 0 bridgehead atoms. The largest absolute Gasteiger partial charge is 0.368 e. The predicted octanol–water partition coefficient (Wildman–Crippen LogP) is 4.48. The summed E-state index contributed by atoms with van der Waals surface area (Å²) < 4.78 is 4.23. The van der Waals surface area contributed by atoms with Crippen LogP contribution in [0.1, 0.15) is 41.5 Å². The van der Waals surface area contributed by atoms with Gasteiger partial charge in [0.05, 0.1) is 17.3 Å². The molecule has 1 N–H and O–H groups in total. The first kappa shape index (κ1) is 14.0. The van der Waals surface area contributed by atoms with Crippen LogP contribution >= 0.6 is 23.1 Å². The van der Waals surface area contributed by atoms with Crippen LogP contribution < -0.4 is 5.32 Å². The first-order valence-electron chi connectivity index (χ1n) is 5.99. The second-order valence-electron chi connectivity index (χ2n) is 4.42. The molecule has 0 radical (unpaired) electrons. The number of hydrogen-bond donors (Lipinski definition) is 1. The molecule has 0 saturated carbocycles. The van der Waals surface area contributed by atoms with E-state index in [1.54, 1.807) is 6.92 Å². The molecular weight excluding hydrogens is 280 g/mol. The Bertz CT molecular complexity index is 609. The van der Waals surface area contributed by atoms with Crippen molar-refractivity contribution in [1.82, 2.24) is 4.37 Å². The molecule has 0 fully saturated rings. The van der Waals surface area contributed by atoms with E-state index < -0.39 is 0 Å². The zero-order valence-electron chi connectivity index (χ0n) is 11.0. The van der Waals surface area contributed by atoms with E-state index in [1.807, 2.05) is 38.1 Å². The van der Waals surface area contributed by atoms with E-state index in [2.05, 4.69) is 9.69 Å². The van der Waals surface area contributed by atoms with E-state index in [4.69, 9.17) is 11.6 Å². The van der Waals surface area contributed by atoms with Gasteiger partial charge in [-0.15, -0.1) is 0 Å². The number of carbonyl (C=O) groups is 1. The SMILES string of the molecule is CC(=O)c1c(C)nsc1NC(C)c1ccccc1Cl. The normalized spacial score (nSPS) is 12.2. The molecule has 1 aromatic heterocycles. The van der Waals surface area contributed by atoms with Crippen molar-refractivity contribution in [1.29, 1.82) is 0 Å². The number of nitrogens with one attached hydrogen (secondary N) is 1. The third kappa shape index (κ3) is 2.96. The van der Waals surface area contributed by atoms with Crippen molar-refractivity contribution in [2.45, 2.75) is 26.8 Å². The van der Waals surface area contributed by atoms with Gasteiger partial charge in [-0.2, -0.15) is 4.37 Å². The first-order chi connectivity index (χ1) is 9.00. The van der Waals surface area contributed by atoms with E-state index in [1.165, 1.54) is 11.5 Å². The Labute approximate surface area is 121 Å². The number of hydrogen-bond acceptors (Lipinski definition) is 4. The fourth-order valence-electron chi connectivity index (χ4n) is 1.98. The summed E-state index contributed by atoms with van der Waals surface area (Å²) in [6.45, 7) is 5.42. The molecular formula is C14H15ClN2OS. The second kappa shape index (κ2) is 5.72. The summed E-state index contributed by atoms with van der Waals surface area (Å²) in [4.78, 5) is 11.6. The maximum atomic E-state index is 11.6. The molecule has 0 amide bonds.